The van der Waals surface area contributed by atoms with Gasteiger partial charge in [0, 0.05) is 0 Å². The summed E-state index contributed by atoms with van der Waals surface area (Å²) in [5.41, 5.74) is -0.617. The summed E-state index contributed by atoms with van der Waals surface area (Å²) in [6, 6.07) is -0.700. The van der Waals surface area contributed by atoms with E-state index in [1.165, 1.54) is 25.7 Å². The number of alkyl carbamates (subject to hydrolysis) is 1. The van der Waals surface area contributed by atoms with Crippen molar-refractivity contribution in [2.45, 2.75) is 109 Å². The minimum absolute atomic E-state index is 0.159. The zero-order valence-electron chi connectivity index (χ0n) is 19.3. The monoisotopic (exact) mass is 423 g/mol. The molecule has 6 nitrogen and oxygen atoms in total. The molecule has 4 atom stereocenters. The first-order chi connectivity index (χ1) is 14.2. The van der Waals surface area contributed by atoms with E-state index in [2.05, 4.69) is 11.9 Å². The van der Waals surface area contributed by atoms with E-state index in [9.17, 15) is 9.59 Å². The van der Waals surface area contributed by atoms with Crippen LogP contribution in [0.5, 0.6) is 0 Å². The van der Waals surface area contributed by atoms with E-state index in [4.69, 9.17) is 14.2 Å². The van der Waals surface area contributed by atoms with Gasteiger partial charge in [-0.3, -0.25) is 0 Å². The maximum absolute atomic E-state index is 12.8. The van der Waals surface area contributed by atoms with Gasteiger partial charge in [-0.2, -0.15) is 0 Å². The molecule has 1 aliphatic heterocycles. The van der Waals surface area contributed by atoms with Crippen molar-refractivity contribution in [2.75, 3.05) is 6.61 Å². The van der Waals surface area contributed by atoms with Crippen LogP contribution in [0, 0.1) is 11.8 Å². The van der Waals surface area contributed by atoms with E-state index in [1.807, 2.05) is 6.92 Å². The molecule has 0 aromatic carbocycles. The fourth-order valence-corrected chi connectivity index (χ4v) is 4.71. The lowest BCUT2D eigenvalue weighted by molar-refractivity contribution is -0.162. The highest BCUT2D eigenvalue weighted by Gasteiger charge is 2.35. The highest BCUT2D eigenvalue weighted by molar-refractivity contribution is 5.81. The van der Waals surface area contributed by atoms with E-state index in [1.54, 1.807) is 26.8 Å². The second-order valence-electron chi connectivity index (χ2n) is 9.86. The summed E-state index contributed by atoms with van der Waals surface area (Å²) in [6.07, 6.45) is 10.4. The Morgan fingerprint density at radius 1 is 1.17 bits per heavy atom. The summed E-state index contributed by atoms with van der Waals surface area (Å²) in [4.78, 5) is 25.0. The summed E-state index contributed by atoms with van der Waals surface area (Å²) >= 11 is 0. The number of carbonyl (C=O) groups is 2. The van der Waals surface area contributed by atoms with E-state index in [-0.39, 0.29) is 12.2 Å². The Balaban J connectivity index is 2.06. The van der Waals surface area contributed by atoms with E-state index in [0.717, 1.165) is 31.6 Å². The van der Waals surface area contributed by atoms with Crippen LogP contribution < -0.4 is 5.32 Å². The quantitative estimate of drug-likeness (QED) is 0.472. The zero-order valence-corrected chi connectivity index (χ0v) is 19.3. The lowest BCUT2D eigenvalue weighted by atomic mass is 9.83. The molecule has 2 rings (SSSR count). The SMILES string of the molecule is C=CCO[C@@H]1[C@@H](CC2CCCC2)CCCC[C@H](NC(=O)OC(C)(C)C)C(=O)O[C@H]1C. The molecule has 2 aliphatic rings. The maximum atomic E-state index is 12.8. The zero-order chi connectivity index (χ0) is 22.1. The lowest BCUT2D eigenvalue weighted by Gasteiger charge is -2.35. The van der Waals surface area contributed by atoms with Gasteiger partial charge in [-0.1, -0.05) is 44.6 Å². The van der Waals surface area contributed by atoms with Gasteiger partial charge in [-0.15, -0.1) is 6.58 Å². The molecular formula is C24H41NO5. The summed E-state index contributed by atoms with van der Waals surface area (Å²) < 4.78 is 17.2. The average Bonchev–Trinajstić information content (AvgIpc) is 3.15. The molecule has 0 aromatic heterocycles. The Labute approximate surface area is 182 Å². The molecule has 1 heterocycles. The fourth-order valence-electron chi connectivity index (χ4n) is 4.71. The van der Waals surface area contributed by atoms with Gasteiger partial charge in [0.2, 0.25) is 0 Å². The molecule has 0 radical (unpaired) electrons. The van der Waals surface area contributed by atoms with Crippen molar-refractivity contribution in [2.24, 2.45) is 11.8 Å². The molecule has 6 heteroatoms. The molecule has 30 heavy (non-hydrogen) atoms. The molecule has 0 bridgehead atoms. The molecule has 1 N–H and O–H groups in total. The van der Waals surface area contributed by atoms with Crippen LogP contribution in [0.2, 0.25) is 0 Å². The Hall–Kier alpha value is -1.56. The molecule has 1 saturated carbocycles. The van der Waals surface area contributed by atoms with Crippen LogP contribution in [-0.4, -0.2) is 42.5 Å². The number of hydrogen-bond donors (Lipinski definition) is 1. The predicted octanol–water partition coefficient (Wildman–Crippen LogP) is 5.15. The van der Waals surface area contributed by atoms with Crippen LogP contribution in [0.15, 0.2) is 12.7 Å². The summed E-state index contributed by atoms with van der Waals surface area (Å²) in [5, 5.41) is 2.70. The number of ether oxygens (including phenoxy) is 3. The fraction of sp³-hybridized carbons (Fsp3) is 0.833. The smallest absolute Gasteiger partial charge is 0.408 e. The minimum atomic E-state index is -0.700. The number of rotatable bonds is 6. The van der Waals surface area contributed by atoms with Gasteiger partial charge >= 0.3 is 12.1 Å². The summed E-state index contributed by atoms with van der Waals surface area (Å²) in [6.45, 7) is 11.5. The predicted molar refractivity (Wildman–Crippen MR) is 117 cm³/mol. The highest BCUT2D eigenvalue weighted by Crippen LogP contribution is 2.35. The van der Waals surface area contributed by atoms with Crippen LogP contribution in [0.3, 0.4) is 0 Å². The first kappa shape index (κ1) is 24.7. The first-order valence-electron chi connectivity index (χ1n) is 11.6. The molecule has 0 aromatic rings. The number of carbonyl (C=O) groups excluding carboxylic acids is 2. The molecule has 1 amide bonds. The number of amides is 1. The molecule has 1 saturated heterocycles. The number of nitrogens with one attached hydrogen (secondary N) is 1. The number of hydrogen-bond acceptors (Lipinski definition) is 5. The normalized spacial score (nSPS) is 29.1. The average molecular weight is 424 g/mol. The lowest BCUT2D eigenvalue weighted by Crippen LogP contribution is -2.47. The van der Waals surface area contributed by atoms with E-state index in [0.29, 0.717) is 18.9 Å². The summed E-state index contributed by atoms with van der Waals surface area (Å²) in [5.74, 6) is 0.700. The third-order valence-electron chi connectivity index (χ3n) is 6.04. The summed E-state index contributed by atoms with van der Waals surface area (Å²) in [7, 11) is 0. The maximum Gasteiger partial charge on any atom is 0.408 e. The minimum Gasteiger partial charge on any atom is -0.458 e. The van der Waals surface area contributed by atoms with Crippen molar-refractivity contribution >= 4 is 12.1 Å². The Kier molecular flexibility index (Phi) is 9.66. The van der Waals surface area contributed by atoms with E-state index >= 15 is 0 Å². The molecule has 0 spiro atoms. The number of esters is 1. The molecule has 2 fully saturated rings. The second kappa shape index (κ2) is 11.7. The van der Waals surface area contributed by atoms with Crippen molar-refractivity contribution in [3.8, 4) is 0 Å². The molecular weight excluding hydrogens is 382 g/mol. The van der Waals surface area contributed by atoms with Gasteiger partial charge in [0.05, 0.1) is 12.7 Å². The van der Waals surface area contributed by atoms with Gasteiger partial charge in [-0.25, -0.2) is 9.59 Å². The standard InChI is InChI=1S/C24H41NO5/c1-6-15-28-21-17(2)29-22(26)20(25-23(27)30-24(3,4)5)14-10-9-13-19(21)16-18-11-7-8-12-18/h6,17-21H,1,7-16H2,2-5H3,(H,25,27)/t17-,19+,20-,21-/m0/s1. The molecule has 0 unspecified atom stereocenters. The highest BCUT2D eigenvalue weighted by atomic mass is 16.6. The van der Waals surface area contributed by atoms with Crippen LogP contribution in [0.1, 0.15) is 85.5 Å². The van der Waals surface area contributed by atoms with Crippen LogP contribution in [-0.2, 0) is 19.0 Å². The third-order valence-corrected chi connectivity index (χ3v) is 6.04. The van der Waals surface area contributed by atoms with Gasteiger partial charge in [0.1, 0.15) is 17.7 Å². The van der Waals surface area contributed by atoms with Gasteiger partial charge < -0.3 is 19.5 Å². The first-order valence-corrected chi connectivity index (χ1v) is 11.6. The largest absolute Gasteiger partial charge is 0.458 e. The van der Waals surface area contributed by atoms with Crippen molar-refractivity contribution in [1.29, 1.82) is 0 Å². The van der Waals surface area contributed by atoms with E-state index < -0.39 is 23.7 Å². The molecule has 1 aliphatic carbocycles. The Morgan fingerprint density at radius 3 is 2.43 bits per heavy atom. The van der Waals surface area contributed by atoms with Gasteiger partial charge in [0.15, 0.2) is 0 Å². The van der Waals surface area contributed by atoms with Crippen molar-refractivity contribution in [1.82, 2.24) is 5.32 Å². The van der Waals surface area contributed by atoms with Crippen LogP contribution in [0.4, 0.5) is 4.79 Å². The Bertz CT molecular complexity index is 564. The Morgan fingerprint density at radius 2 is 1.80 bits per heavy atom. The van der Waals surface area contributed by atoms with Crippen molar-refractivity contribution in [3.63, 3.8) is 0 Å². The second-order valence-corrected chi connectivity index (χ2v) is 9.86. The van der Waals surface area contributed by atoms with Crippen LogP contribution >= 0.6 is 0 Å². The van der Waals surface area contributed by atoms with Crippen molar-refractivity contribution in [3.05, 3.63) is 12.7 Å². The topological polar surface area (TPSA) is 73.9 Å². The van der Waals surface area contributed by atoms with Crippen molar-refractivity contribution < 1.29 is 23.8 Å². The third kappa shape index (κ3) is 8.29. The molecule has 172 valence electrons. The van der Waals surface area contributed by atoms with Crippen LogP contribution in [0.25, 0.3) is 0 Å². The van der Waals surface area contributed by atoms with Gasteiger partial charge in [0.25, 0.3) is 0 Å². The number of cyclic esters (lactones) is 1. The van der Waals surface area contributed by atoms with Gasteiger partial charge in [-0.05, 0) is 58.8 Å².